The van der Waals surface area contributed by atoms with Crippen LogP contribution in [0.25, 0.3) is 5.00 Å². The van der Waals surface area contributed by atoms with Crippen molar-refractivity contribution in [3.8, 4) is 5.00 Å². The van der Waals surface area contributed by atoms with Crippen molar-refractivity contribution in [2.45, 2.75) is 84.2 Å². The Morgan fingerprint density at radius 3 is 2.41 bits per heavy atom. The molecule has 3 aliphatic heterocycles. The topological polar surface area (TPSA) is 185 Å². The van der Waals surface area contributed by atoms with Gasteiger partial charge in [0.05, 0.1) is 23.3 Å². The number of aromatic nitrogens is 3. The number of aliphatic imine (C=N–C) groups is 1. The van der Waals surface area contributed by atoms with Crippen molar-refractivity contribution in [2.24, 2.45) is 4.99 Å². The molecule has 0 unspecified atom stereocenters. The van der Waals surface area contributed by atoms with Crippen molar-refractivity contribution < 1.29 is 28.8 Å². The van der Waals surface area contributed by atoms with Crippen molar-refractivity contribution in [2.75, 3.05) is 13.1 Å². The van der Waals surface area contributed by atoms with Gasteiger partial charge in [0.2, 0.25) is 23.6 Å². The fourth-order valence-electron chi connectivity index (χ4n) is 7.40. The van der Waals surface area contributed by atoms with Gasteiger partial charge in [-0.1, -0.05) is 35.9 Å². The van der Waals surface area contributed by atoms with Crippen molar-refractivity contribution in [3.05, 3.63) is 97.4 Å². The number of fused-ring (bicyclic) bond motifs is 4. The second-order valence-corrected chi connectivity index (χ2v) is 15.8. The number of carbonyl (C=O) groups is 6. The number of nitrogens with zero attached hydrogens (tertiary/aromatic N) is 5. The molecule has 0 spiro atoms. The number of hydrogen-bond acceptors (Lipinski definition) is 10. The van der Waals surface area contributed by atoms with Gasteiger partial charge in [0.15, 0.2) is 5.82 Å². The molecule has 3 N–H and O–H groups in total. The number of nitrogens with one attached hydrogen (secondary N) is 3. The first-order valence-corrected chi connectivity index (χ1v) is 19.9. The second kappa shape index (κ2) is 16.3. The summed E-state index contributed by atoms with van der Waals surface area (Å²) in [7, 11) is 0. The minimum Gasteiger partial charge on any atom is -0.356 e. The Hall–Kier alpha value is -5.54. The zero-order valence-corrected chi connectivity index (χ0v) is 32.8. The molecule has 6 amide bonds. The standard InChI is InChI=1S/C40H41ClN8O6S/c1-21-22(2)56-40-33(21)35(25-12-15-26(41)16-13-25)44-28(36-47-46-23(3)48(36)40)20-32(52)43-19-5-4-18-42-30(50)17-14-24-8-6-9-27-34(24)39(55)49(38(27)54)29-10-7-11-31(51)45-37(29)53/h6,8-9,12-13,15-16,28-29H,4-5,7,10-11,14,17-20H2,1-3H3,(H,42,50)(H,43,52)(H,45,51,53)/t28-,29-/m0/s1. The molecule has 7 rings (SSSR count). The lowest BCUT2D eigenvalue weighted by Gasteiger charge is -2.23. The molecule has 290 valence electrons. The van der Waals surface area contributed by atoms with Crippen LogP contribution in [0.2, 0.25) is 5.02 Å². The largest absolute Gasteiger partial charge is 0.356 e. The summed E-state index contributed by atoms with van der Waals surface area (Å²) in [6, 6.07) is 10.8. The van der Waals surface area contributed by atoms with Gasteiger partial charge in [-0.05, 0) is 82.2 Å². The number of amides is 6. The van der Waals surface area contributed by atoms with Crippen LogP contribution in [0.15, 0.2) is 47.5 Å². The maximum absolute atomic E-state index is 13.4. The van der Waals surface area contributed by atoms with E-state index < -0.39 is 35.7 Å². The van der Waals surface area contributed by atoms with E-state index in [1.54, 1.807) is 23.5 Å². The highest BCUT2D eigenvalue weighted by atomic mass is 35.5. The van der Waals surface area contributed by atoms with Gasteiger partial charge in [-0.3, -0.25) is 48.5 Å². The zero-order chi connectivity index (χ0) is 39.7. The van der Waals surface area contributed by atoms with Crippen LogP contribution in [0.4, 0.5) is 0 Å². The van der Waals surface area contributed by atoms with E-state index in [9.17, 15) is 28.8 Å². The van der Waals surface area contributed by atoms with E-state index >= 15 is 0 Å². The lowest BCUT2D eigenvalue weighted by atomic mass is 9.99. The lowest BCUT2D eigenvalue weighted by molar-refractivity contribution is -0.131. The molecule has 2 atom stereocenters. The van der Waals surface area contributed by atoms with E-state index in [0.29, 0.717) is 54.6 Å². The first kappa shape index (κ1) is 38.7. The molecule has 2 aromatic heterocycles. The number of aryl methyl sites for hydroxylation is 3. The summed E-state index contributed by atoms with van der Waals surface area (Å²) in [5, 5.41) is 18.5. The van der Waals surface area contributed by atoms with Crippen molar-refractivity contribution in [1.82, 2.24) is 35.6 Å². The van der Waals surface area contributed by atoms with E-state index in [2.05, 4.69) is 40.0 Å². The summed E-state index contributed by atoms with van der Waals surface area (Å²) in [6.45, 7) is 6.84. The van der Waals surface area contributed by atoms with Crippen LogP contribution in [0.5, 0.6) is 0 Å². The molecular formula is C40H41ClN8O6S. The van der Waals surface area contributed by atoms with Crippen LogP contribution in [0.1, 0.15) is 110 Å². The highest BCUT2D eigenvalue weighted by Crippen LogP contribution is 2.39. The normalized spacial score (nSPS) is 17.7. The molecule has 4 aromatic rings. The minimum atomic E-state index is -1.07. The Kier molecular flexibility index (Phi) is 11.3. The maximum atomic E-state index is 13.4. The third-order valence-corrected chi connectivity index (χ3v) is 11.8. The molecule has 3 aliphatic rings. The van der Waals surface area contributed by atoms with Crippen LogP contribution < -0.4 is 16.0 Å². The third-order valence-electron chi connectivity index (χ3n) is 10.4. The predicted molar refractivity (Wildman–Crippen MR) is 209 cm³/mol. The average molecular weight is 797 g/mol. The molecule has 1 saturated heterocycles. The molecule has 0 saturated carbocycles. The molecule has 0 aliphatic carbocycles. The highest BCUT2D eigenvalue weighted by Gasteiger charge is 2.44. The first-order valence-electron chi connectivity index (χ1n) is 18.7. The van der Waals surface area contributed by atoms with Gasteiger partial charge in [-0.15, -0.1) is 21.5 Å². The molecule has 0 bridgehead atoms. The SMILES string of the molecule is Cc1sc2c(c1C)C(c1ccc(Cl)cc1)=N[C@@H](CC(=O)NCCCCNC(=O)CCc1cccc3c1C(=O)N([C@H]1CCCC(=O)NC1=O)C3=O)c1nnc(C)n1-2. The van der Waals surface area contributed by atoms with Gasteiger partial charge in [0.25, 0.3) is 11.8 Å². The zero-order valence-electron chi connectivity index (χ0n) is 31.2. The molecule has 1 fully saturated rings. The van der Waals surface area contributed by atoms with Crippen LogP contribution in [-0.4, -0.2) is 80.0 Å². The summed E-state index contributed by atoms with van der Waals surface area (Å²) >= 11 is 7.86. The quantitative estimate of drug-likeness (QED) is 0.137. The molecule has 5 heterocycles. The monoisotopic (exact) mass is 796 g/mol. The molecule has 16 heteroatoms. The van der Waals surface area contributed by atoms with E-state index in [1.165, 1.54) is 6.07 Å². The number of unbranched alkanes of at least 4 members (excludes halogenated alkanes) is 1. The Labute approximate surface area is 332 Å². The van der Waals surface area contributed by atoms with Crippen LogP contribution in [-0.2, 0) is 25.6 Å². The maximum Gasteiger partial charge on any atom is 0.262 e. The van der Waals surface area contributed by atoms with Gasteiger partial charge in [-0.25, -0.2) is 0 Å². The fraction of sp³-hybridized carbons (Fsp3) is 0.375. The average Bonchev–Trinajstić information content (AvgIpc) is 3.69. The number of halogens is 1. The molecule has 0 radical (unpaired) electrons. The predicted octanol–water partition coefficient (Wildman–Crippen LogP) is 4.63. The molecule has 14 nitrogen and oxygen atoms in total. The minimum absolute atomic E-state index is 0.0709. The number of rotatable bonds is 12. The van der Waals surface area contributed by atoms with E-state index in [0.717, 1.165) is 37.2 Å². The van der Waals surface area contributed by atoms with Gasteiger partial charge in [0, 0.05) is 47.0 Å². The number of imide groups is 2. The second-order valence-electron chi connectivity index (χ2n) is 14.2. The van der Waals surface area contributed by atoms with E-state index in [-0.39, 0.29) is 55.0 Å². The van der Waals surface area contributed by atoms with Crippen molar-refractivity contribution >= 4 is 64.1 Å². The molecule has 56 heavy (non-hydrogen) atoms. The number of hydrogen-bond donors (Lipinski definition) is 3. The van der Waals surface area contributed by atoms with Gasteiger partial charge < -0.3 is 10.6 Å². The summed E-state index contributed by atoms with van der Waals surface area (Å²) in [6.07, 6.45) is 2.34. The van der Waals surface area contributed by atoms with E-state index in [4.69, 9.17) is 16.6 Å². The highest BCUT2D eigenvalue weighted by molar-refractivity contribution is 7.15. The summed E-state index contributed by atoms with van der Waals surface area (Å²) in [4.78, 5) is 84.4. The van der Waals surface area contributed by atoms with Gasteiger partial charge in [0.1, 0.15) is 22.9 Å². The number of carbonyl (C=O) groups excluding carboxylic acids is 6. The third kappa shape index (κ3) is 7.65. The summed E-state index contributed by atoms with van der Waals surface area (Å²) < 4.78 is 2.01. The lowest BCUT2D eigenvalue weighted by Crippen LogP contribution is -2.49. The van der Waals surface area contributed by atoms with Crippen LogP contribution >= 0.6 is 22.9 Å². The van der Waals surface area contributed by atoms with Crippen molar-refractivity contribution in [1.29, 1.82) is 0 Å². The molecular weight excluding hydrogens is 756 g/mol. The molecule has 2 aromatic carbocycles. The van der Waals surface area contributed by atoms with E-state index in [1.807, 2.05) is 35.8 Å². The van der Waals surface area contributed by atoms with Gasteiger partial charge in [-0.2, -0.15) is 0 Å². The fourth-order valence-corrected chi connectivity index (χ4v) is 8.74. The van der Waals surface area contributed by atoms with Crippen LogP contribution in [0.3, 0.4) is 0 Å². The Balaban J connectivity index is 0.906. The summed E-state index contributed by atoms with van der Waals surface area (Å²) in [5.41, 5.74) is 4.69. The first-order chi connectivity index (χ1) is 26.9. The Bertz CT molecular complexity index is 2300. The summed E-state index contributed by atoms with van der Waals surface area (Å²) in [5.74, 6) is -1.35. The van der Waals surface area contributed by atoms with Crippen LogP contribution in [0, 0.1) is 20.8 Å². The van der Waals surface area contributed by atoms with Crippen molar-refractivity contribution in [3.63, 3.8) is 0 Å². The Morgan fingerprint density at radius 2 is 1.66 bits per heavy atom. The number of benzene rings is 2. The number of thiophene rings is 1. The smallest absolute Gasteiger partial charge is 0.262 e. The Morgan fingerprint density at radius 1 is 0.929 bits per heavy atom. The van der Waals surface area contributed by atoms with Gasteiger partial charge >= 0.3 is 0 Å².